The van der Waals surface area contributed by atoms with Crippen molar-refractivity contribution in [3.05, 3.63) is 50.6 Å². The Bertz CT molecular complexity index is 768. The van der Waals surface area contributed by atoms with Crippen molar-refractivity contribution in [1.82, 2.24) is 9.97 Å². The Morgan fingerprint density at radius 2 is 1.95 bits per heavy atom. The van der Waals surface area contributed by atoms with Crippen LogP contribution in [0.15, 0.2) is 35.1 Å². The maximum Gasteiger partial charge on any atom is 0.323 e. The van der Waals surface area contributed by atoms with E-state index < -0.39 is 0 Å². The molecule has 0 aliphatic heterocycles. The summed E-state index contributed by atoms with van der Waals surface area (Å²) in [5.41, 5.74) is 2.48. The smallest absolute Gasteiger partial charge is 0.323 e. The standard InChI is InChI=1S/C14H15N3OS/c1-8-3-6-13(19-8)9(2)15-10-4-5-11-12(7-10)17-14(18)16-11/h3-7,9,15H,1-2H3,(H2,16,17,18). The van der Waals surface area contributed by atoms with Crippen LogP contribution in [0.4, 0.5) is 5.69 Å². The van der Waals surface area contributed by atoms with E-state index in [4.69, 9.17) is 0 Å². The van der Waals surface area contributed by atoms with Crippen LogP contribution in [-0.2, 0) is 0 Å². The van der Waals surface area contributed by atoms with Gasteiger partial charge in [0.15, 0.2) is 0 Å². The van der Waals surface area contributed by atoms with Gasteiger partial charge in [0, 0.05) is 15.4 Å². The highest BCUT2D eigenvalue weighted by Gasteiger charge is 2.08. The van der Waals surface area contributed by atoms with E-state index in [-0.39, 0.29) is 11.7 Å². The predicted molar refractivity (Wildman–Crippen MR) is 80.0 cm³/mol. The summed E-state index contributed by atoms with van der Waals surface area (Å²) in [6.45, 7) is 4.24. The fourth-order valence-corrected chi connectivity index (χ4v) is 3.01. The van der Waals surface area contributed by atoms with Crippen molar-refractivity contribution >= 4 is 28.1 Å². The lowest BCUT2D eigenvalue weighted by molar-refractivity contribution is 0.908. The molecule has 19 heavy (non-hydrogen) atoms. The summed E-state index contributed by atoms with van der Waals surface area (Å²) in [6, 6.07) is 10.4. The Balaban J connectivity index is 1.86. The van der Waals surface area contributed by atoms with Gasteiger partial charge >= 0.3 is 5.69 Å². The normalized spacial score (nSPS) is 12.7. The Kier molecular flexibility index (Phi) is 2.91. The number of thiophene rings is 1. The molecule has 3 N–H and O–H groups in total. The number of benzene rings is 1. The van der Waals surface area contributed by atoms with Crippen LogP contribution < -0.4 is 11.0 Å². The fourth-order valence-electron chi connectivity index (χ4n) is 2.13. The first-order valence-electron chi connectivity index (χ1n) is 6.17. The molecular formula is C14H15N3OS. The van der Waals surface area contributed by atoms with E-state index >= 15 is 0 Å². The van der Waals surface area contributed by atoms with Crippen molar-refractivity contribution in [2.45, 2.75) is 19.9 Å². The van der Waals surface area contributed by atoms with Crippen molar-refractivity contribution in [3.63, 3.8) is 0 Å². The summed E-state index contributed by atoms with van der Waals surface area (Å²) in [6.07, 6.45) is 0. The van der Waals surface area contributed by atoms with Gasteiger partial charge in [-0.15, -0.1) is 11.3 Å². The molecule has 98 valence electrons. The molecule has 2 heterocycles. The van der Waals surface area contributed by atoms with Crippen molar-refractivity contribution < 1.29 is 0 Å². The van der Waals surface area contributed by atoms with Crippen LogP contribution in [0.2, 0.25) is 0 Å². The third-order valence-corrected chi connectivity index (χ3v) is 4.27. The summed E-state index contributed by atoms with van der Waals surface area (Å²) in [7, 11) is 0. The predicted octanol–water partition coefficient (Wildman–Crippen LogP) is 3.40. The quantitative estimate of drug-likeness (QED) is 0.685. The first kappa shape index (κ1) is 12.0. The van der Waals surface area contributed by atoms with E-state index in [0.29, 0.717) is 0 Å². The number of rotatable bonds is 3. The van der Waals surface area contributed by atoms with Gasteiger partial charge in [-0.2, -0.15) is 0 Å². The van der Waals surface area contributed by atoms with Crippen molar-refractivity contribution in [2.75, 3.05) is 5.32 Å². The first-order valence-corrected chi connectivity index (χ1v) is 6.98. The maximum atomic E-state index is 11.2. The number of fused-ring (bicyclic) bond motifs is 1. The number of aryl methyl sites for hydroxylation is 1. The molecular weight excluding hydrogens is 258 g/mol. The second kappa shape index (κ2) is 4.59. The monoisotopic (exact) mass is 273 g/mol. The molecule has 3 aromatic rings. The summed E-state index contributed by atoms with van der Waals surface area (Å²) in [4.78, 5) is 19.3. The minimum atomic E-state index is -0.172. The molecule has 0 amide bonds. The molecule has 4 nitrogen and oxygen atoms in total. The summed E-state index contributed by atoms with van der Waals surface area (Å²) < 4.78 is 0. The number of hydrogen-bond acceptors (Lipinski definition) is 3. The topological polar surface area (TPSA) is 60.7 Å². The van der Waals surface area contributed by atoms with Gasteiger partial charge in [-0.25, -0.2) is 4.79 Å². The molecule has 0 saturated heterocycles. The van der Waals surface area contributed by atoms with E-state index in [9.17, 15) is 4.79 Å². The van der Waals surface area contributed by atoms with Gasteiger partial charge in [0.1, 0.15) is 0 Å². The first-order chi connectivity index (χ1) is 9.11. The van der Waals surface area contributed by atoms with Crippen LogP contribution in [0, 0.1) is 6.92 Å². The zero-order chi connectivity index (χ0) is 13.4. The van der Waals surface area contributed by atoms with E-state index in [1.807, 2.05) is 18.2 Å². The van der Waals surface area contributed by atoms with E-state index in [0.717, 1.165) is 16.7 Å². The fraction of sp³-hybridized carbons (Fsp3) is 0.214. The molecule has 0 spiro atoms. The van der Waals surface area contributed by atoms with Crippen LogP contribution >= 0.6 is 11.3 Å². The number of H-pyrrole nitrogens is 2. The zero-order valence-corrected chi connectivity index (χ0v) is 11.6. The highest BCUT2D eigenvalue weighted by Crippen LogP contribution is 2.26. The molecule has 0 saturated carbocycles. The molecule has 1 aromatic carbocycles. The van der Waals surface area contributed by atoms with Gasteiger partial charge in [-0.05, 0) is 44.2 Å². The summed E-state index contributed by atoms with van der Waals surface area (Å²) in [5, 5.41) is 3.45. The molecule has 1 atom stereocenters. The molecule has 0 bridgehead atoms. The van der Waals surface area contributed by atoms with Gasteiger partial charge in [0.05, 0.1) is 17.1 Å². The highest BCUT2D eigenvalue weighted by molar-refractivity contribution is 7.12. The largest absolute Gasteiger partial charge is 0.378 e. The van der Waals surface area contributed by atoms with Crippen molar-refractivity contribution in [1.29, 1.82) is 0 Å². The number of aromatic nitrogens is 2. The Morgan fingerprint density at radius 1 is 1.16 bits per heavy atom. The lowest BCUT2D eigenvalue weighted by Gasteiger charge is -2.13. The Hall–Kier alpha value is -2.01. The molecule has 0 aliphatic rings. The number of hydrogen-bond donors (Lipinski definition) is 3. The summed E-state index contributed by atoms with van der Waals surface area (Å²) in [5.74, 6) is 0. The van der Waals surface area contributed by atoms with E-state index in [1.54, 1.807) is 11.3 Å². The zero-order valence-electron chi connectivity index (χ0n) is 10.8. The van der Waals surface area contributed by atoms with E-state index in [1.165, 1.54) is 9.75 Å². The highest BCUT2D eigenvalue weighted by atomic mass is 32.1. The SMILES string of the molecule is Cc1ccc(C(C)Nc2ccc3[nH]c(=O)[nH]c3c2)s1. The lowest BCUT2D eigenvalue weighted by atomic mass is 10.2. The molecule has 2 aromatic heterocycles. The second-order valence-corrected chi connectivity index (χ2v) is 5.97. The van der Waals surface area contributed by atoms with Gasteiger partial charge in [0.2, 0.25) is 0 Å². The third kappa shape index (κ3) is 2.42. The molecule has 0 aliphatic carbocycles. The Labute approximate surface area is 114 Å². The Morgan fingerprint density at radius 3 is 2.68 bits per heavy atom. The minimum Gasteiger partial charge on any atom is -0.378 e. The van der Waals surface area contributed by atoms with Crippen molar-refractivity contribution in [2.24, 2.45) is 0 Å². The molecule has 5 heteroatoms. The molecule has 1 unspecified atom stereocenters. The van der Waals surface area contributed by atoms with Gasteiger partial charge < -0.3 is 15.3 Å². The number of imidazole rings is 1. The molecule has 3 rings (SSSR count). The second-order valence-electron chi connectivity index (χ2n) is 4.65. The van der Waals surface area contributed by atoms with Gasteiger partial charge in [0.25, 0.3) is 0 Å². The number of nitrogens with one attached hydrogen (secondary N) is 3. The number of aromatic amines is 2. The average molecular weight is 273 g/mol. The van der Waals surface area contributed by atoms with Gasteiger partial charge in [-0.3, -0.25) is 0 Å². The third-order valence-electron chi connectivity index (χ3n) is 3.09. The van der Waals surface area contributed by atoms with Crippen LogP contribution in [0.3, 0.4) is 0 Å². The minimum absolute atomic E-state index is 0.172. The lowest BCUT2D eigenvalue weighted by Crippen LogP contribution is -2.04. The maximum absolute atomic E-state index is 11.2. The van der Waals surface area contributed by atoms with E-state index in [2.05, 4.69) is 41.3 Å². The van der Waals surface area contributed by atoms with Crippen molar-refractivity contribution in [3.8, 4) is 0 Å². The average Bonchev–Trinajstić information content (AvgIpc) is 2.93. The van der Waals surface area contributed by atoms with Crippen LogP contribution in [-0.4, -0.2) is 9.97 Å². The molecule has 0 radical (unpaired) electrons. The molecule has 0 fully saturated rings. The van der Waals surface area contributed by atoms with Crippen LogP contribution in [0.1, 0.15) is 22.7 Å². The van der Waals surface area contributed by atoms with Gasteiger partial charge in [-0.1, -0.05) is 0 Å². The van der Waals surface area contributed by atoms with Crippen LogP contribution in [0.5, 0.6) is 0 Å². The number of anilines is 1. The summed E-state index contributed by atoms with van der Waals surface area (Å²) >= 11 is 1.80. The van der Waals surface area contributed by atoms with Crippen LogP contribution in [0.25, 0.3) is 11.0 Å².